The molecule has 1 aromatic heterocycles. The largest absolute Gasteiger partial charge is 0.434 e. The van der Waals surface area contributed by atoms with Gasteiger partial charge >= 0.3 is 6.18 Å². The smallest absolute Gasteiger partial charge is 0.328 e. The van der Waals surface area contributed by atoms with Crippen molar-refractivity contribution in [2.45, 2.75) is 18.1 Å². The summed E-state index contributed by atoms with van der Waals surface area (Å²) in [6, 6.07) is 6.92. The molecule has 0 amide bonds. The summed E-state index contributed by atoms with van der Waals surface area (Å²) in [5.74, 6) is 0.121. The summed E-state index contributed by atoms with van der Waals surface area (Å²) in [7, 11) is 0. The van der Waals surface area contributed by atoms with Gasteiger partial charge in [-0.3, -0.25) is 0 Å². The van der Waals surface area contributed by atoms with Crippen molar-refractivity contribution in [2.24, 2.45) is 0 Å². The number of rotatable bonds is 4. The Hall–Kier alpha value is -1.37. The number of halogens is 5. The lowest BCUT2D eigenvalue weighted by molar-refractivity contribution is -0.140. The topological polar surface area (TPSA) is 17.8 Å². The Kier molecular flexibility index (Phi) is 4.47. The van der Waals surface area contributed by atoms with E-state index >= 15 is 0 Å². The van der Waals surface area contributed by atoms with Crippen LogP contribution >= 0.6 is 15.9 Å². The third-order valence-corrected chi connectivity index (χ3v) is 3.41. The second-order valence-electron chi connectivity index (χ2n) is 4.16. The molecule has 1 heterocycles. The highest BCUT2D eigenvalue weighted by atomic mass is 79.9. The van der Waals surface area contributed by atoms with Crippen LogP contribution in [0.1, 0.15) is 11.3 Å². The van der Waals surface area contributed by atoms with E-state index in [9.17, 15) is 17.6 Å². The fourth-order valence-corrected chi connectivity index (χ4v) is 2.16. The summed E-state index contributed by atoms with van der Waals surface area (Å²) in [4.78, 5) is 3.59. The maximum absolute atomic E-state index is 12.7. The molecule has 20 heavy (non-hydrogen) atoms. The van der Waals surface area contributed by atoms with E-state index in [1.807, 2.05) is 0 Å². The van der Waals surface area contributed by atoms with Crippen LogP contribution < -0.4 is 0 Å². The number of hydrogen-bond donors (Lipinski definition) is 0. The van der Waals surface area contributed by atoms with Gasteiger partial charge in [0.2, 0.25) is 0 Å². The third kappa shape index (κ3) is 3.20. The summed E-state index contributed by atoms with van der Waals surface area (Å²) < 4.78 is 51.7. The predicted molar refractivity (Wildman–Crippen MR) is 71.3 cm³/mol. The number of hydrogen-bond acceptors (Lipinski definition) is 1. The Labute approximate surface area is 121 Å². The van der Waals surface area contributed by atoms with E-state index in [0.29, 0.717) is 10.9 Å². The summed E-state index contributed by atoms with van der Waals surface area (Å²) in [6.45, 7) is -0.904. The Morgan fingerprint density at radius 3 is 2.30 bits per heavy atom. The Balaban J connectivity index is 2.44. The van der Waals surface area contributed by atoms with Gasteiger partial charge in [0.1, 0.15) is 12.5 Å². The first-order valence-corrected chi connectivity index (χ1v) is 6.93. The fraction of sp³-hybridized carbons (Fsp3) is 0.308. The van der Waals surface area contributed by atoms with Crippen molar-refractivity contribution in [1.82, 2.24) is 9.55 Å². The summed E-state index contributed by atoms with van der Waals surface area (Å²) in [6.07, 6.45) is -3.70. The van der Waals surface area contributed by atoms with E-state index in [-0.39, 0.29) is 12.4 Å². The number of imidazole rings is 1. The van der Waals surface area contributed by atoms with E-state index in [1.54, 1.807) is 24.3 Å². The number of alkyl halides is 5. The Morgan fingerprint density at radius 2 is 1.80 bits per heavy atom. The van der Waals surface area contributed by atoms with Crippen molar-refractivity contribution in [3.8, 4) is 11.4 Å². The number of nitrogens with zero attached hydrogens (tertiary/aromatic N) is 2. The molecule has 0 aliphatic carbocycles. The molecule has 0 saturated heterocycles. The lowest BCUT2D eigenvalue weighted by Crippen LogP contribution is -2.05. The van der Waals surface area contributed by atoms with Gasteiger partial charge in [-0.05, 0) is 5.56 Å². The monoisotopic (exact) mass is 350 g/mol. The highest BCUT2D eigenvalue weighted by molar-refractivity contribution is 9.08. The van der Waals surface area contributed by atoms with Crippen LogP contribution in [-0.2, 0) is 18.1 Å². The molecule has 2 rings (SSSR count). The first kappa shape index (κ1) is 15.0. The van der Waals surface area contributed by atoms with Gasteiger partial charge in [0.25, 0.3) is 0 Å². The van der Waals surface area contributed by atoms with Crippen molar-refractivity contribution >= 4 is 15.9 Å². The van der Waals surface area contributed by atoms with E-state index in [4.69, 9.17) is 0 Å². The average molecular weight is 351 g/mol. The fourth-order valence-electron chi connectivity index (χ4n) is 1.79. The molecule has 0 aliphatic heterocycles. The molecule has 0 atom stereocenters. The molecule has 0 spiro atoms. The zero-order valence-electron chi connectivity index (χ0n) is 10.3. The van der Waals surface area contributed by atoms with E-state index in [0.717, 1.165) is 11.8 Å². The molecule has 0 bridgehead atoms. The summed E-state index contributed by atoms with van der Waals surface area (Å²) in [5, 5.41) is 0.653. The van der Waals surface area contributed by atoms with Crippen LogP contribution in [0.5, 0.6) is 0 Å². The molecule has 0 fully saturated rings. The molecule has 0 aliphatic rings. The predicted octanol–water partition coefficient (Wildman–Crippen LogP) is 4.43. The second kappa shape index (κ2) is 5.95. The van der Waals surface area contributed by atoms with Crippen LogP contribution in [0.15, 0.2) is 30.5 Å². The Morgan fingerprint density at radius 1 is 1.15 bits per heavy atom. The minimum absolute atomic E-state index is 0.121. The zero-order valence-corrected chi connectivity index (χ0v) is 11.9. The minimum Gasteiger partial charge on any atom is -0.328 e. The van der Waals surface area contributed by atoms with Gasteiger partial charge in [-0.2, -0.15) is 13.2 Å². The highest BCUT2D eigenvalue weighted by Crippen LogP contribution is 2.31. The molecular weight excluding hydrogens is 340 g/mol. The maximum atomic E-state index is 12.7. The number of aryl methyl sites for hydroxylation is 1. The summed E-state index contributed by atoms with van der Waals surface area (Å²) in [5.41, 5.74) is 0.512. The number of benzene rings is 1. The van der Waals surface area contributed by atoms with Crippen LogP contribution in [0.25, 0.3) is 11.4 Å². The maximum Gasteiger partial charge on any atom is 0.434 e. The van der Waals surface area contributed by atoms with Gasteiger partial charge in [0.15, 0.2) is 5.69 Å². The van der Waals surface area contributed by atoms with Gasteiger partial charge in [0, 0.05) is 17.1 Å². The minimum atomic E-state index is -4.54. The number of aromatic nitrogens is 2. The van der Waals surface area contributed by atoms with E-state index in [2.05, 4.69) is 20.9 Å². The molecule has 1 aromatic carbocycles. The first-order valence-electron chi connectivity index (χ1n) is 5.81. The summed E-state index contributed by atoms with van der Waals surface area (Å²) >= 11 is 3.29. The molecule has 0 N–H and O–H groups in total. The van der Waals surface area contributed by atoms with Crippen molar-refractivity contribution in [3.05, 3.63) is 41.7 Å². The first-order chi connectivity index (χ1) is 9.45. The van der Waals surface area contributed by atoms with Gasteiger partial charge in [-0.15, -0.1) is 0 Å². The van der Waals surface area contributed by atoms with Crippen molar-refractivity contribution in [1.29, 1.82) is 0 Å². The lowest BCUT2D eigenvalue weighted by atomic mass is 10.1. The molecule has 0 radical (unpaired) electrons. The van der Waals surface area contributed by atoms with Crippen LogP contribution in [-0.4, -0.2) is 16.2 Å². The van der Waals surface area contributed by atoms with E-state index in [1.165, 1.54) is 4.57 Å². The van der Waals surface area contributed by atoms with Gasteiger partial charge in [-0.25, -0.2) is 9.37 Å². The third-order valence-electron chi connectivity index (χ3n) is 2.76. The van der Waals surface area contributed by atoms with Gasteiger partial charge in [-0.1, -0.05) is 40.2 Å². The molecule has 0 saturated carbocycles. The average Bonchev–Trinajstić information content (AvgIpc) is 2.83. The quantitative estimate of drug-likeness (QED) is 0.589. The van der Waals surface area contributed by atoms with Crippen LogP contribution in [0.2, 0.25) is 0 Å². The second-order valence-corrected chi connectivity index (χ2v) is 4.72. The van der Waals surface area contributed by atoms with Crippen LogP contribution in [0.4, 0.5) is 17.6 Å². The van der Waals surface area contributed by atoms with Crippen molar-refractivity contribution in [3.63, 3.8) is 0 Å². The SMILES string of the molecule is FCCn1cc(C(F)(F)F)nc1-c1ccc(CBr)cc1. The van der Waals surface area contributed by atoms with Gasteiger partial charge in [0.05, 0.1) is 6.54 Å². The molecule has 7 heteroatoms. The van der Waals surface area contributed by atoms with Crippen LogP contribution in [0.3, 0.4) is 0 Å². The molecule has 2 aromatic rings. The van der Waals surface area contributed by atoms with Crippen molar-refractivity contribution in [2.75, 3.05) is 6.67 Å². The van der Waals surface area contributed by atoms with Crippen molar-refractivity contribution < 1.29 is 17.6 Å². The normalized spacial score (nSPS) is 11.8. The van der Waals surface area contributed by atoms with Gasteiger partial charge < -0.3 is 4.57 Å². The molecule has 2 nitrogen and oxygen atoms in total. The van der Waals surface area contributed by atoms with Crippen LogP contribution in [0, 0.1) is 0 Å². The lowest BCUT2D eigenvalue weighted by Gasteiger charge is -2.05. The molecular formula is C13H11BrF4N2. The molecule has 0 unspecified atom stereocenters. The van der Waals surface area contributed by atoms with E-state index < -0.39 is 18.5 Å². The standard InChI is InChI=1S/C13H11BrF4N2/c14-7-9-1-3-10(4-2-9)12-19-11(13(16,17)18)8-20(12)6-5-15/h1-4,8H,5-7H2. The Bertz CT molecular complexity index is 575. The molecule has 108 valence electrons. The zero-order chi connectivity index (χ0) is 14.8. The highest BCUT2D eigenvalue weighted by Gasteiger charge is 2.34.